The second-order valence-electron chi connectivity index (χ2n) is 8.27. The number of carbonyl (C=O) groups is 1. The molecule has 1 N–H and O–H groups in total. The second kappa shape index (κ2) is 11.6. The van der Waals surface area contributed by atoms with Crippen LogP contribution >= 0.6 is 0 Å². The van der Waals surface area contributed by atoms with Gasteiger partial charge in [-0.2, -0.15) is 16.8 Å². The van der Waals surface area contributed by atoms with E-state index >= 15 is 0 Å². The summed E-state index contributed by atoms with van der Waals surface area (Å²) < 4.78 is 71.2. The molecule has 0 spiro atoms. The molecule has 12 heteroatoms. The van der Waals surface area contributed by atoms with Gasteiger partial charge in [-0.1, -0.05) is 48.0 Å². The maximum atomic E-state index is 12.7. The lowest BCUT2D eigenvalue weighted by atomic mass is 10.0. The Morgan fingerprint density at radius 3 is 2.31 bits per heavy atom. The first kappa shape index (κ1) is 27.2. The average Bonchev–Trinajstić information content (AvgIpc) is 2.77. The highest BCUT2D eigenvalue weighted by Crippen LogP contribution is 2.27. The monoisotopic (exact) mass is 527 g/mol. The summed E-state index contributed by atoms with van der Waals surface area (Å²) in [5.41, 5.74) is 1.73. The minimum atomic E-state index is -4.14. The molecule has 192 valence electrons. The molecule has 1 saturated heterocycles. The number of carbonyl (C=O) groups excluding carboxylic acids is 1. The third-order valence-electron chi connectivity index (χ3n) is 5.18. The molecule has 2 aromatic carbocycles. The van der Waals surface area contributed by atoms with Gasteiger partial charge in [0.1, 0.15) is 12.2 Å². The second-order valence-corrected chi connectivity index (χ2v) is 11.5. The first-order chi connectivity index (χ1) is 16.4. The lowest BCUT2D eigenvalue weighted by Gasteiger charge is -2.40. The van der Waals surface area contributed by atoms with Crippen molar-refractivity contribution in [2.75, 3.05) is 12.9 Å². The van der Waals surface area contributed by atoms with Gasteiger partial charge < -0.3 is 14.8 Å². The number of amides is 1. The molecule has 0 aliphatic carbocycles. The van der Waals surface area contributed by atoms with Crippen molar-refractivity contribution in [2.45, 2.75) is 56.3 Å². The van der Waals surface area contributed by atoms with E-state index < -0.39 is 51.4 Å². The fourth-order valence-corrected chi connectivity index (χ4v) is 5.14. The van der Waals surface area contributed by atoms with Crippen LogP contribution in [-0.4, -0.2) is 60.1 Å². The van der Waals surface area contributed by atoms with Crippen LogP contribution in [0.1, 0.15) is 24.5 Å². The Balaban J connectivity index is 1.79. The molecular formula is C23H29NO9S2. The molecule has 1 heterocycles. The van der Waals surface area contributed by atoms with Crippen molar-refractivity contribution in [3.8, 4) is 0 Å². The third-order valence-corrected chi connectivity index (χ3v) is 7.07. The van der Waals surface area contributed by atoms with Crippen molar-refractivity contribution in [1.29, 1.82) is 0 Å². The van der Waals surface area contributed by atoms with Crippen LogP contribution in [0.25, 0.3) is 0 Å². The van der Waals surface area contributed by atoms with E-state index in [1.54, 1.807) is 12.1 Å². The van der Waals surface area contributed by atoms with Gasteiger partial charge in [-0.25, -0.2) is 0 Å². The van der Waals surface area contributed by atoms with Crippen LogP contribution < -0.4 is 5.32 Å². The van der Waals surface area contributed by atoms with E-state index in [9.17, 15) is 21.6 Å². The normalized spacial score (nSPS) is 23.1. The highest BCUT2D eigenvalue weighted by Gasteiger charge is 2.42. The predicted molar refractivity (Wildman–Crippen MR) is 126 cm³/mol. The number of aryl methyl sites for hydroxylation is 1. The smallest absolute Gasteiger partial charge is 0.297 e. The molecule has 0 unspecified atom stereocenters. The van der Waals surface area contributed by atoms with Gasteiger partial charge in [0.05, 0.1) is 30.4 Å². The van der Waals surface area contributed by atoms with Gasteiger partial charge in [0.2, 0.25) is 5.91 Å². The fourth-order valence-electron chi connectivity index (χ4n) is 3.57. The molecule has 0 aromatic heterocycles. The zero-order valence-corrected chi connectivity index (χ0v) is 21.3. The fraction of sp³-hybridized carbons (Fsp3) is 0.435. The highest BCUT2D eigenvalue weighted by molar-refractivity contribution is 7.86. The van der Waals surface area contributed by atoms with Gasteiger partial charge >= 0.3 is 0 Å². The van der Waals surface area contributed by atoms with Crippen molar-refractivity contribution in [1.82, 2.24) is 5.32 Å². The van der Waals surface area contributed by atoms with E-state index in [1.807, 2.05) is 37.3 Å². The van der Waals surface area contributed by atoms with Gasteiger partial charge in [0.25, 0.3) is 20.2 Å². The number of rotatable bonds is 10. The molecule has 0 bridgehead atoms. The summed E-state index contributed by atoms with van der Waals surface area (Å²) in [7, 11) is -8.07. The summed E-state index contributed by atoms with van der Waals surface area (Å²) in [5.74, 6) is -0.373. The van der Waals surface area contributed by atoms with E-state index in [0.29, 0.717) is 0 Å². The SMILES string of the molecule is CC(=O)N[C@@H]1C[C@@H](OS(C)(=O)=O)[C@@H](COS(=O)(=O)c2ccc(C)cc2)O[C@@H]1OCc1ccccc1. The van der Waals surface area contributed by atoms with Crippen LogP contribution in [0.4, 0.5) is 0 Å². The van der Waals surface area contributed by atoms with E-state index in [4.69, 9.17) is 17.8 Å². The molecule has 3 rings (SSSR count). The van der Waals surface area contributed by atoms with Crippen LogP contribution in [0.5, 0.6) is 0 Å². The molecule has 1 amide bonds. The van der Waals surface area contributed by atoms with Gasteiger partial charge in [0.15, 0.2) is 6.29 Å². The van der Waals surface area contributed by atoms with Crippen LogP contribution in [0.2, 0.25) is 0 Å². The molecule has 4 atom stereocenters. The van der Waals surface area contributed by atoms with E-state index in [2.05, 4.69) is 5.32 Å². The Hall–Kier alpha value is -2.35. The van der Waals surface area contributed by atoms with Gasteiger partial charge in [0, 0.05) is 13.3 Å². The molecule has 1 aliphatic heterocycles. The Morgan fingerprint density at radius 1 is 1.06 bits per heavy atom. The summed E-state index contributed by atoms with van der Waals surface area (Å²) in [6.45, 7) is 2.76. The first-order valence-electron chi connectivity index (χ1n) is 10.9. The van der Waals surface area contributed by atoms with Crippen LogP contribution in [0, 0.1) is 6.92 Å². The molecule has 0 radical (unpaired) electrons. The highest BCUT2D eigenvalue weighted by atomic mass is 32.2. The van der Waals surface area contributed by atoms with Crippen molar-refractivity contribution >= 4 is 26.1 Å². The summed E-state index contributed by atoms with van der Waals surface area (Å²) in [6.07, 6.45) is -2.37. The lowest BCUT2D eigenvalue weighted by molar-refractivity contribution is -0.239. The summed E-state index contributed by atoms with van der Waals surface area (Å²) >= 11 is 0. The number of benzene rings is 2. The van der Waals surface area contributed by atoms with Gasteiger partial charge in [-0.15, -0.1) is 0 Å². The van der Waals surface area contributed by atoms with Gasteiger partial charge in [-0.05, 0) is 24.6 Å². The molecule has 2 aromatic rings. The molecule has 1 aliphatic rings. The topological polar surface area (TPSA) is 134 Å². The van der Waals surface area contributed by atoms with Gasteiger partial charge in [-0.3, -0.25) is 13.2 Å². The maximum Gasteiger partial charge on any atom is 0.297 e. The number of ether oxygens (including phenoxy) is 2. The zero-order chi connectivity index (χ0) is 25.6. The molecule has 1 fully saturated rings. The summed E-state index contributed by atoms with van der Waals surface area (Å²) in [4.78, 5) is 11.7. The molecule has 35 heavy (non-hydrogen) atoms. The van der Waals surface area contributed by atoms with E-state index in [1.165, 1.54) is 19.1 Å². The first-order valence-corrected chi connectivity index (χ1v) is 14.1. The van der Waals surface area contributed by atoms with E-state index in [0.717, 1.165) is 17.4 Å². The van der Waals surface area contributed by atoms with Crippen molar-refractivity contribution in [3.63, 3.8) is 0 Å². The minimum Gasteiger partial charge on any atom is -0.348 e. The number of hydrogen-bond donors (Lipinski definition) is 1. The quantitative estimate of drug-likeness (QED) is 0.460. The van der Waals surface area contributed by atoms with Crippen LogP contribution in [0.15, 0.2) is 59.5 Å². The summed E-state index contributed by atoms with van der Waals surface area (Å²) in [6, 6.07) is 14.6. The number of nitrogens with one attached hydrogen (secondary N) is 1. The maximum absolute atomic E-state index is 12.7. The minimum absolute atomic E-state index is 0.00921. The van der Waals surface area contributed by atoms with Crippen LogP contribution in [0.3, 0.4) is 0 Å². The van der Waals surface area contributed by atoms with Crippen molar-refractivity contribution < 1.29 is 39.5 Å². The zero-order valence-electron chi connectivity index (χ0n) is 19.6. The number of hydrogen-bond acceptors (Lipinski definition) is 9. The Labute approximate surface area is 205 Å². The molecule has 10 nitrogen and oxygen atoms in total. The third kappa shape index (κ3) is 8.37. The lowest BCUT2D eigenvalue weighted by Crippen LogP contribution is -2.57. The predicted octanol–water partition coefficient (Wildman–Crippen LogP) is 1.88. The Bertz CT molecular complexity index is 1200. The van der Waals surface area contributed by atoms with Crippen LogP contribution in [-0.2, 0) is 49.5 Å². The molecular weight excluding hydrogens is 498 g/mol. The van der Waals surface area contributed by atoms with Crippen molar-refractivity contribution in [3.05, 3.63) is 65.7 Å². The Morgan fingerprint density at radius 2 is 1.71 bits per heavy atom. The summed E-state index contributed by atoms with van der Waals surface area (Å²) in [5, 5.41) is 2.69. The largest absolute Gasteiger partial charge is 0.348 e. The van der Waals surface area contributed by atoms with Crippen molar-refractivity contribution in [2.24, 2.45) is 0 Å². The molecule has 0 saturated carbocycles. The Kier molecular flexibility index (Phi) is 9.02. The average molecular weight is 528 g/mol. The standard InChI is InChI=1S/C23H29NO9S2/c1-16-9-11-19(12-10-16)35(28,29)31-15-22-21(33-34(3,26)27)13-20(24-17(2)25)23(32-22)30-14-18-7-5-4-6-8-18/h4-12,20-23H,13-15H2,1-3H3,(H,24,25)/t20-,21-,22-,23+/m1/s1. The van der Waals surface area contributed by atoms with E-state index in [-0.39, 0.29) is 23.8 Å².